The second-order valence-corrected chi connectivity index (χ2v) is 7.68. The molecule has 0 radical (unpaired) electrons. The Bertz CT molecular complexity index is 918. The lowest BCUT2D eigenvalue weighted by Crippen LogP contribution is -2.39. The molecule has 1 heterocycles. The van der Waals surface area contributed by atoms with Gasteiger partial charge in [0.05, 0.1) is 35.6 Å². The van der Waals surface area contributed by atoms with Gasteiger partial charge in [-0.25, -0.2) is 10.8 Å². The van der Waals surface area contributed by atoms with E-state index < -0.39 is 23.8 Å². The largest absolute Gasteiger partial charge is 0.466 e. The molecule has 1 aromatic heterocycles. The van der Waals surface area contributed by atoms with E-state index in [-0.39, 0.29) is 19.6 Å². The number of hydrogen-bond donors (Lipinski definition) is 4. The van der Waals surface area contributed by atoms with Crippen LogP contribution in [0.15, 0.2) is 41.4 Å². The van der Waals surface area contributed by atoms with Gasteiger partial charge in [0.2, 0.25) is 5.91 Å². The molecule has 1 aromatic carbocycles. The molecule has 9 nitrogen and oxygen atoms in total. The van der Waals surface area contributed by atoms with Crippen molar-refractivity contribution in [2.45, 2.75) is 19.4 Å². The SMILES string of the molecule is CCOC(=O)CC(NC(=O)CNC(=O)c1cccc(N=CNN)c1)c1ccc(Cl)s1. The molecule has 2 amide bonds. The van der Waals surface area contributed by atoms with Crippen molar-refractivity contribution in [1.29, 1.82) is 0 Å². The standard InChI is InChI=1S/C19H22ClN5O4S/c1-2-29-18(27)9-14(15-6-7-16(20)30-15)25-17(26)10-22-19(28)12-4-3-5-13(8-12)23-11-24-21/h3-8,11,14H,2,9-10,21H2,1H3,(H,22,28)(H,23,24)(H,25,26). The summed E-state index contributed by atoms with van der Waals surface area (Å²) >= 11 is 7.22. The van der Waals surface area contributed by atoms with Crippen LogP contribution >= 0.6 is 22.9 Å². The summed E-state index contributed by atoms with van der Waals surface area (Å²) in [4.78, 5) is 41.3. The fourth-order valence-corrected chi connectivity index (χ4v) is 3.58. The number of thiophene rings is 1. The predicted octanol–water partition coefficient (Wildman–Crippen LogP) is 2.07. The van der Waals surface area contributed by atoms with Gasteiger partial charge in [-0.2, -0.15) is 0 Å². The van der Waals surface area contributed by atoms with Crippen molar-refractivity contribution >= 4 is 52.7 Å². The Kier molecular flexibility index (Phi) is 9.26. The number of nitrogens with two attached hydrogens (primary N) is 1. The minimum absolute atomic E-state index is 0.0421. The quantitative estimate of drug-likeness (QED) is 0.143. The lowest BCUT2D eigenvalue weighted by atomic mass is 10.1. The summed E-state index contributed by atoms with van der Waals surface area (Å²) in [6.45, 7) is 1.68. The summed E-state index contributed by atoms with van der Waals surface area (Å²) in [5, 5.41) is 5.27. The first kappa shape index (κ1) is 23.3. The highest BCUT2D eigenvalue weighted by atomic mass is 35.5. The molecule has 2 rings (SSSR count). The first-order chi connectivity index (χ1) is 14.4. The van der Waals surface area contributed by atoms with Gasteiger partial charge in [0.15, 0.2) is 0 Å². The van der Waals surface area contributed by atoms with E-state index in [0.717, 1.165) is 0 Å². The summed E-state index contributed by atoms with van der Waals surface area (Å²) in [5.41, 5.74) is 3.13. The van der Waals surface area contributed by atoms with Gasteiger partial charge >= 0.3 is 5.97 Å². The molecular weight excluding hydrogens is 430 g/mol. The van der Waals surface area contributed by atoms with Crippen LogP contribution in [0.25, 0.3) is 0 Å². The topological polar surface area (TPSA) is 135 Å². The second kappa shape index (κ2) is 11.9. The van der Waals surface area contributed by atoms with Crippen LogP contribution < -0.4 is 21.9 Å². The van der Waals surface area contributed by atoms with Gasteiger partial charge in [-0.05, 0) is 37.3 Å². The highest BCUT2D eigenvalue weighted by molar-refractivity contribution is 7.16. The van der Waals surface area contributed by atoms with Crippen molar-refractivity contribution in [2.75, 3.05) is 13.2 Å². The third-order valence-corrected chi connectivity index (χ3v) is 5.10. The molecule has 0 bridgehead atoms. The minimum Gasteiger partial charge on any atom is -0.466 e. The lowest BCUT2D eigenvalue weighted by molar-refractivity contribution is -0.143. The summed E-state index contributed by atoms with van der Waals surface area (Å²) in [5.74, 6) is 3.79. The maximum atomic E-state index is 12.4. The zero-order valence-electron chi connectivity index (χ0n) is 16.2. The van der Waals surface area contributed by atoms with E-state index in [1.165, 1.54) is 17.7 Å². The van der Waals surface area contributed by atoms with Crippen LogP contribution in [-0.2, 0) is 14.3 Å². The van der Waals surface area contributed by atoms with Crippen molar-refractivity contribution in [3.8, 4) is 0 Å². The van der Waals surface area contributed by atoms with E-state index in [2.05, 4.69) is 21.1 Å². The first-order valence-electron chi connectivity index (χ1n) is 9.00. The molecule has 0 aliphatic carbocycles. The molecule has 0 spiro atoms. The van der Waals surface area contributed by atoms with Gasteiger partial charge in [-0.15, -0.1) is 11.3 Å². The van der Waals surface area contributed by atoms with Crippen LogP contribution in [0.1, 0.15) is 34.6 Å². The Balaban J connectivity index is 1.97. The second-order valence-electron chi connectivity index (χ2n) is 5.93. The number of benzene rings is 1. The smallest absolute Gasteiger partial charge is 0.308 e. The molecule has 1 atom stereocenters. The van der Waals surface area contributed by atoms with Crippen LogP contribution in [-0.4, -0.2) is 37.3 Å². The number of halogens is 1. The van der Waals surface area contributed by atoms with Gasteiger partial charge in [-0.1, -0.05) is 17.7 Å². The average molecular weight is 452 g/mol. The van der Waals surface area contributed by atoms with Crippen LogP contribution in [0.3, 0.4) is 0 Å². The minimum atomic E-state index is -0.604. The number of rotatable bonds is 10. The van der Waals surface area contributed by atoms with Gasteiger partial charge in [0.25, 0.3) is 5.91 Å². The number of esters is 1. The van der Waals surface area contributed by atoms with E-state index >= 15 is 0 Å². The number of hydrogen-bond acceptors (Lipinski definition) is 7. The Morgan fingerprint density at radius 2 is 2.10 bits per heavy atom. The van der Waals surface area contributed by atoms with Gasteiger partial charge in [-0.3, -0.25) is 14.4 Å². The molecule has 0 saturated heterocycles. The van der Waals surface area contributed by atoms with Crippen LogP contribution in [0.5, 0.6) is 0 Å². The number of carbonyl (C=O) groups excluding carboxylic acids is 3. The normalized spacial score (nSPS) is 11.7. The molecule has 2 aromatic rings. The van der Waals surface area contributed by atoms with Gasteiger partial charge in [0.1, 0.15) is 6.34 Å². The molecule has 0 fully saturated rings. The summed E-state index contributed by atoms with van der Waals surface area (Å²) in [7, 11) is 0. The molecular formula is C19H22ClN5O4S. The van der Waals surface area contributed by atoms with Crippen LogP contribution in [0, 0.1) is 0 Å². The fraction of sp³-hybridized carbons (Fsp3) is 0.263. The third kappa shape index (κ3) is 7.47. The summed E-state index contributed by atoms with van der Waals surface area (Å²) < 4.78 is 5.50. The number of ether oxygens (including phenoxy) is 1. The number of nitrogens with one attached hydrogen (secondary N) is 3. The van der Waals surface area contributed by atoms with Crippen molar-refractivity contribution in [2.24, 2.45) is 10.8 Å². The first-order valence-corrected chi connectivity index (χ1v) is 10.2. The highest BCUT2D eigenvalue weighted by Crippen LogP contribution is 2.29. The number of amides is 2. The highest BCUT2D eigenvalue weighted by Gasteiger charge is 2.21. The molecule has 160 valence electrons. The molecule has 30 heavy (non-hydrogen) atoms. The van der Waals surface area contributed by atoms with Crippen molar-refractivity contribution in [1.82, 2.24) is 16.1 Å². The number of carbonyl (C=O) groups is 3. The third-order valence-electron chi connectivity index (χ3n) is 3.75. The Morgan fingerprint density at radius 3 is 2.77 bits per heavy atom. The number of hydrazine groups is 1. The Morgan fingerprint density at radius 1 is 1.30 bits per heavy atom. The summed E-state index contributed by atoms with van der Waals surface area (Å²) in [6.07, 6.45) is 1.24. The van der Waals surface area contributed by atoms with E-state index in [4.69, 9.17) is 22.2 Å². The molecule has 0 aliphatic rings. The van der Waals surface area contributed by atoms with E-state index in [9.17, 15) is 14.4 Å². The van der Waals surface area contributed by atoms with Crippen molar-refractivity contribution in [3.63, 3.8) is 0 Å². The zero-order valence-corrected chi connectivity index (χ0v) is 17.8. The molecule has 1 unspecified atom stereocenters. The average Bonchev–Trinajstić information content (AvgIpc) is 3.16. The number of aliphatic imine (C=N–C) groups is 1. The monoisotopic (exact) mass is 451 g/mol. The Labute approximate surface area is 182 Å². The Hall–Kier alpha value is -2.95. The van der Waals surface area contributed by atoms with Crippen molar-refractivity contribution in [3.05, 3.63) is 51.2 Å². The van der Waals surface area contributed by atoms with Gasteiger partial charge < -0.3 is 20.8 Å². The molecule has 0 saturated carbocycles. The zero-order chi connectivity index (χ0) is 21.9. The van der Waals surface area contributed by atoms with E-state index in [1.807, 2.05) is 0 Å². The number of nitrogens with zero attached hydrogens (tertiary/aromatic N) is 1. The van der Waals surface area contributed by atoms with Crippen LogP contribution in [0.4, 0.5) is 5.69 Å². The van der Waals surface area contributed by atoms with Crippen LogP contribution in [0.2, 0.25) is 4.34 Å². The molecule has 11 heteroatoms. The maximum absolute atomic E-state index is 12.4. The van der Waals surface area contributed by atoms with Gasteiger partial charge in [0, 0.05) is 10.4 Å². The van der Waals surface area contributed by atoms with Crippen molar-refractivity contribution < 1.29 is 19.1 Å². The lowest BCUT2D eigenvalue weighted by Gasteiger charge is -2.17. The predicted molar refractivity (Wildman–Crippen MR) is 116 cm³/mol. The molecule has 5 N–H and O–H groups in total. The fourth-order valence-electron chi connectivity index (χ4n) is 2.47. The maximum Gasteiger partial charge on any atom is 0.308 e. The summed E-state index contributed by atoms with van der Waals surface area (Å²) in [6, 6.07) is 9.32. The van der Waals surface area contributed by atoms with E-state index in [1.54, 1.807) is 43.3 Å². The van der Waals surface area contributed by atoms with E-state index in [0.29, 0.717) is 20.5 Å². The molecule has 0 aliphatic heterocycles.